The lowest BCUT2D eigenvalue weighted by molar-refractivity contribution is -0.137. The molecule has 2 aromatic rings. The zero-order valence-electron chi connectivity index (χ0n) is 10.4. The second kappa shape index (κ2) is 4.96. The number of halogens is 3. The molecule has 20 heavy (non-hydrogen) atoms. The van der Waals surface area contributed by atoms with Crippen LogP contribution in [0.25, 0.3) is 11.1 Å². The van der Waals surface area contributed by atoms with E-state index in [4.69, 9.17) is 10.2 Å². The molecule has 0 aliphatic heterocycles. The summed E-state index contributed by atoms with van der Waals surface area (Å²) in [6, 6.07) is 4.53. The van der Waals surface area contributed by atoms with E-state index in [1.807, 2.05) is 0 Å². The van der Waals surface area contributed by atoms with E-state index < -0.39 is 11.7 Å². The number of furan rings is 1. The average molecular weight is 283 g/mol. The van der Waals surface area contributed by atoms with Crippen molar-refractivity contribution in [2.45, 2.75) is 12.6 Å². The third-order valence-electron chi connectivity index (χ3n) is 2.79. The smallest absolute Gasteiger partial charge is 0.416 e. The first kappa shape index (κ1) is 14.0. The highest BCUT2D eigenvalue weighted by Gasteiger charge is 2.31. The first-order chi connectivity index (χ1) is 9.34. The monoisotopic (exact) mass is 283 g/mol. The van der Waals surface area contributed by atoms with Crippen molar-refractivity contribution in [3.05, 3.63) is 48.2 Å². The van der Waals surface area contributed by atoms with Crippen LogP contribution in [0.1, 0.15) is 11.3 Å². The zero-order chi connectivity index (χ0) is 14.9. The van der Waals surface area contributed by atoms with E-state index in [1.165, 1.54) is 18.2 Å². The molecular formula is C14H12F3NO2. The molecule has 106 valence electrons. The van der Waals surface area contributed by atoms with Crippen LogP contribution in [-0.4, -0.2) is 5.11 Å². The number of rotatable bonds is 3. The Morgan fingerprint density at radius 2 is 2.05 bits per heavy atom. The van der Waals surface area contributed by atoms with Gasteiger partial charge in [0.15, 0.2) is 11.5 Å². The van der Waals surface area contributed by atoms with Gasteiger partial charge >= 0.3 is 6.18 Å². The Morgan fingerprint density at radius 3 is 2.65 bits per heavy atom. The van der Waals surface area contributed by atoms with E-state index in [-0.39, 0.29) is 34.9 Å². The number of allylic oxidation sites excluding steroid dienone is 1. The summed E-state index contributed by atoms with van der Waals surface area (Å²) in [7, 11) is 0. The van der Waals surface area contributed by atoms with Crippen LogP contribution < -0.4 is 5.73 Å². The Hall–Kier alpha value is -2.37. The highest BCUT2D eigenvalue weighted by atomic mass is 19.4. The minimum Gasteiger partial charge on any atom is -0.504 e. The Labute approximate surface area is 113 Å². The fourth-order valence-corrected chi connectivity index (χ4v) is 1.89. The van der Waals surface area contributed by atoms with Gasteiger partial charge in [0, 0.05) is 6.42 Å². The Morgan fingerprint density at radius 1 is 1.35 bits per heavy atom. The largest absolute Gasteiger partial charge is 0.504 e. The summed E-state index contributed by atoms with van der Waals surface area (Å²) >= 11 is 0. The fraction of sp³-hybridized carbons (Fsp3) is 0.143. The van der Waals surface area contributed by atoms with Gasteiger partial charge in [-0.2, -0.15) is 13.2 Å². The Balaban J connectivity index is 2.55. The lowest BCUT2D eigenvalue weighted by atomic mass is 10.0. The van der Waals surface area contributed by atoms with Crippen molar-refractivity contribution >= 4 is 5.88 Å². The number of alkyl halides is 3. The summed E-state index contributed by atoms with van der Waals surface area (Å²) in [6.45, 7) is 3.49. The molecule has 0 saturated carbocycles. The van der Waals surface area contributed by atoms with E-state index in [2.05, 4.69) is 6.58 Å². The summed E-state index contributed by atoms with van der Waals surface area (Å²) < 4.78 is 43.2. The third-order valence-corrected chi connectivity index (χ3v) is 2.79. The van der Waals surface area contributed by atoms with E-state index in [0.717, 1.165) is 12.1 Å². The maximum absolute atomic E-state index is 12.7. The summed E-state index contributed by atoms with van der Waals surface area (Å²) in [5.74, 6) is -0.217. The number of aromatic hydroxyl groups is 1. The molecule has 0 aliphatic carbocycles. The van der Waals surface area contributed by atoms with E-state index in [0.29, 0.717) is 0 Å². The predicted octanol–water partition coefficient (Wildman–Crippen LogP) is 3.98. The number of nitrogens with two attached hydrogens (primary N) is 1. The van der Waals surface area contributed by atoms with Gasteiger partial charge < -0.3 is 15.3 Å². The van der Waals surface area contributed by atoms with Crippen LogP contribution in [-0.2, 0) is 12.6 Å². The lowest BCUT2D eigenvalue weighted by Gasteiger charge is -2.08. The maximum atomic E-state index is 12.7. The molecule has 1 aromatic heterocycles. The highest BCUT2D eigenvalue weighted by Crippen LogP contribution is 2.42. The van der Waals surface area contributed by atoms with Crippen LogP contribution in [0.15, 0.2) is 41.3 Å². The first-order valence-corrected chi connectivity index (χ1v) is 5.73. The second-order valence-corrected chi connectivity index (χ2v) is 4.18. The van der Waals surface area contributed by atoms with Crippen molar-refractivity contribution in [1.82, 2.24) is 0 Å². The third kappa shape index (κ3) is 2.49. The molecule has 0 atom stereocenters. The number of nitrogen functional groups attached to an aromatic ring is 1. The fourth-order valence-electron chi connectivity index (χ4n) is 1.89. The molecule has 0 aliphatic rings. The molecule has 1 heterocycles. The minimum absolute atomic E-state index is 0.0629. The van der Waals surface area contributed by atoms with Crippen molar-refractivity contribution in [3.8, 4) is 16.9 Å². The normalized spacial score (nSPS) is 11.6. The van der Waals surface area contributed by atoms with E-state index in [1.54, 1.807) is 0 Å². The van der Waals surface area contributed by atoms with Gasteiger partial charge in [-0.05, 0) is 17.7 Å². The maximum Gasteiger partial charge on any atom is 0.416 e. The number of anilines is 1. The predicted molar refractivity (Wildman–Crippen MR) is 69.1 cm³/mol. The van der Waals surface area contributed by atoms with Gasteiger partial charge in [-0.3, -0.25) is 0 Å². The molecule has 0 bridgehead atoms. The molecular weight excluding hydrogens is 271 g/mol. The number of hydrogen-bond donors (Lipinski definition) is 2. The summed E-state index contributed by atoms with van der Waals surface area (Å²) in [6.07, 6.45) is -2.74. The van der Waals surface area contributed by atoms with Crippen molar-refractivity contribution < 1.29 is 22.7 Å². The Bertz CT molecular complexity index is 644. The van der Waals surface area contributed by atoms with E-state index >= 15 is 0 Å². The molecule has 3 N–H and O–H groups in total. The molecule has 0 amide bonds. The highest BCUT2D eigenvalue weighted by molar-refractivity contribution is 5.80. The van der Waals surface area contributed by atoms with Crippen LogP contribution in [0.5, 0.6) is 5.75 Å². The van der Waals surface area contributed by atoms with Crippen LogP contribution in [0, 0.1) is 0 Å². The number of benzene rings is 1. The lowest BCUT2D eigenvalue weighted by Crippen LogP contribution is -2.04. The van der Waals surface area contributed by atoms with Gasteiger partial charge in [-0.1, -0.05) is 18.2 Å². The van der Waals surface area contributed by atoms with Gasteiger partial charge in [-0.15, -0.1) is 6.58 Å². The van der Waals surface area contributed by atoms with Gasteiger partial charge in [-0.25, -0.2) is 0 Å². The van der Waals surface area contributed by atoms with Crippen molar-refractivity contribution in [1.29, 1.82) is 0 Å². The Kier molecular flexibility index (Phi) is 3.48. The molecule has 0 saturated heterocycles. The quantitative estimate of drug-likeness (QED) is 0.837. The summed E-state index contributed by atoms with van der Waals surface area (Å²) in [5.41, 5.74) is 5.01. The zero-order valence-corrected chi connectivity index (χ0v) is 10.4. The van der Waals surface area contributed by atoms with Crippen molar-refractivity contribution in [2.75, 3.05) is 5.73 Å². The van der Waals surface area contributed by atoms with Crippen LogP contribution in [0.3, 0.4) is 0 Å². The molecule has 2 rings (SSSR count). The molecule has 0 unspecified atom stereocenters. The average Bonchev–Trinajstić information content (AvgIpc) is 2.64. The molecule has 0 spiro atoms. The standard InChI is InChI=1S/C14H12F3NO2/c1-2-4-10-12(19)11(13(18)20-10)8-5-3-6-9(7-8)14(15,16)17/h2-3,5-7,19H,1,4,18H2. The molecule has 0 radical (unpaired) electrons. The SMILES string of the molecule is C=CCc1oc(N)c(-c2cccc(C(F)(F)F)c2)c1O. The molecule has 3 nitrogen and oxygen atoms in total. The van der Waals surface area contributed by atoms with E-state index in [9.17, 15) is 18.3 Å². The van der Waals surface area contributed by atoms with Crippen molar-refractivity contribution in [2.24, 2.45) is 0 Å². The summed E-state index contributed by atoms with van der Waals surface area (Å²) in [4.78, 5) is 0. The van der Waals surface area contributed by atoms with Crippen LogP contribution in [0.4, 0.5) is 19.1 Å². The van der Waals surface area contributed by atoms with Gasteiger partial charge in [0.05, 0.1) is 11.1 Å². The minimum atomic E-state index is -4.46. The van der Waals surface area contributed by atoms with Crippen molar-refractivity contribution in [3.63, 3.8) is 0 Å². The van der Waals surface area contributed by atoms with Gasteiger partial charge in [0.25, 0.3) is 0 Å². The number of hydrogen-bond acceptors (Lipinski definition) is 3. The molecule has 6 heteroatoms. The summed E-state index contributed by atoms with van der Waals surface area (Å²) in [5, 5.41) is 9.99. The van der Waals surface area contributed by atoms with Gasteiger partial charge in [0.1, 0.15) is 0 Å². The second-order valence-electron chi connectivity index (χ2n) is 4.18. The van der Waals surface area contributed by atoms with Gasteiger partial charge in [0.2, 0.25) is 5.88 Å². The molecule has 1 aromatic carbocycles. The topological polar surface area (TPSA) is 59.4 Å². The van der Waals surface area contributed by atoms with Crippen LogP contribution >= 0.6 is 0 Å². The first-order valence-electron chi connectivity index (χ1n) is 5.73. The molecule has 0 fully saturated rings. The van der Waals surface area contributed by atoms with Crippen LogP contribution in [0.2, 0.25) is 0 Å².